The predicted molar refractivity (Wildman–Crippen MR) is 83.9 cm³/mol. The third-order valence-electron chi connectivity index (χ3n) is 2.82. The highest BCUT2D eigenvalue weighted by Crippen LogP contribution is 2.19. The second-order valence-electron chi connectivity index (χ2n) is 4.35. The van der Waals surface area contributed by atoms with Gasteiger partial charge < -0.3 is 5.32 Å². The number of rotatable bonds is 6. The summed E-state index contributed by atoms with van der Waals surface area (Å²) >= 11 is 5.80. The molecule has 0 aliphatic carbocycles. The summed E-state index contributed by atoms with van der Waals surface area (Å²) in [6.45, 7) is 2.72. The van der Waals surface area contributed by atoms with Gasteiger partial charge >= 0.3 is 0 Å². The molecule has 0 saturated carbocycles. The molecule has 0 atom stereocenters. The van der Waals surface area contributed by atoms with Gasteiger partial charge in [-0.1, -0.05) is 23.7 Å². The molecule has 0 aliphatic rings. The van der Waals surface area contributed by atoms with Crippen LogP contribution in [0.5, 0.6) is 0 Å². The fraction of sp³-hybridized carbons (Fsp3) is 0.214. The molecule has 7 heteroatoms. The number of nitrogens with one attached hydrogen (secondary N) is 2. The highest BCUT2D eigenvalue weighted by atomic mass is 35.5. The van der Waals surface area contributed by atoms with Crippen LogP contribution in [0.4, 0.5) is 5.69 Å². The summed E-state index contributed by atoms with van der Waals surface area (Å²) < 4.78 is 27.3. The zero-order valence-electron chi connectivity index (χ0n) is 11.5. The van der Waals surface area contributed by atoms with Crippen LogP contribution in [0.3, 0.4) is 0 Å². The fourth-order valence-corrected chi connectivity index (χ4v) is 3.06. The van der Waals surface area contributed by atoms with Crippen molar-refractivity contribution in [2.75, 3.05) is 11.9 Å². The number of aromatic nitrogens is 1. The van der Waals surface area contributed by atoms with Gasteiger partial charge in [0.1, 0.15) is 4.90 Å². The minimum atomic E-state index is -3.63. The molecule has 5 nitrogen and oxygen atoms in total. The first-order valence-corrected chi connectivity index (χ1v) is 8.31. The quantitative estimate of drug-likeness (QED) is 0.856. The lowest BCUT2D eigenvalue weighted by atomic mass is 10.2. The monoisotopic (exact) mass is 325 g/mol. The SMILES string of the molecule is CCNc1ccncc1S(=O)(=O)NCc1ccc(Cl)cc1. The Hall–Kier alpha value is -1.63. The van der Waals surface area contributed by atoms with Gasteiger partial charge in [0.2, 0.25) is 10.0 Å². The van der Waals surface area contributed by atoms with Crippen LogP contribution in [0.15, 0.2) is 47.6 Å². The lowest BCUT2D eigenvalue weighted by molar-refractivity contribution is 0.581. The molecule has 0 radical (unpaired) electrons. The van der Waals surface area contributed by atoms with Crippen molar-refractivity contribution in [1.29, 1.82) is 0 Å². The molecule has 0 unspecified atom stereocenters. The van der Waals surface area contributed by atoms with E-state index in [1.165, 1.54) is 6.20 Å². The second-order valence-corrected chi connectivity index (χ2v) is 6.52. The minimum Gasteiger partial charge on any atom is -0.384 e. The van der Waals surface area contributed by atoms with E-state index >= 15 is 0 Å². The lowest BCUT2D eigenvalue weighted by Gasteiger charge is -2.11. The Morgan fingerprint density at radius 2 is 1.90 bits per heavy atom. The smallest absolute Gasteiger partial charge is 0.244 e. The molecule has 2 N–H and O–H groups in total. The molecule has 2 rings (SSSR count). The van der Waals surface area contributed by atoms with Gasteiger partial charge in [0.15, 0.2) is 0 Å². The molecule has 0 aliphatic heterocycles. The fourth-order valence-electron chi connectivity index (χ4n) is 1.79. The van der Waals surface area contributed by atoms with Crippen molar-refractivity contribution >= 4 is 27.3 Å². The summed E-state index contributed by atoms with van der Waals surface area (Å²) in [5.74, 6) is 0. The first-order valence-electron chi connectivity index (χ1n) is 6.45. The van der Waals surface area contributed by atoms with E-state index in [2.05, 4.69) is 15.0 Å². The Balaban J connectivity index is 2.17. The van der Waals surface area contributed by atoms with Crippen LogP contribution < -0.4 is 10.0 Å². The van der Waals surface area contributed by atoms with Gasteiger partial charge in [-0.2, -0.15) is 0 Å². The van der Waals surface area contributed by atoms with Crippen molar-refractivity contribution in [1.82, 2.24) is 9.71 Å². The third-order valence-corrected chi connectivity index (χ3v) is 4.50. The van der Waals surface area contributed by atoms with E-state index in [0.717, 1.165) is 5.56 Å². The van der Waals surface area contributed by atoms with E-state index in [1.54, 1.807) is 36.5 Å². The third kappa shape index (κ3) is 4.17. The maximum atomic E-state index is 12.4. The maximum Gasteiger partial charge on any atom is 0.244 e. The van der Waals surface area contributed by atoms with Gasteiger partial charge in [-0.3, -0.25) is 4.98 Å². The van der Waals surface area contributed by atoms with Crippen molar-refractivity contribution in [3.8, 4) is 0 Å². The van der Waals surface area contributed by atoms with Gasteiger partial charge in [0, 0.05) is 30.5 Å². The number of halogens is 1. The molecule has 0 saturated heterocycles. The van der Waals surface area contributed by atoms with Crippen LogP contribution in [0.2, 0.25) is 5.02 Å². The molecule has 2 aromatic rings. The summed E-state index contributed by atoms with van der Waals surface area (Å²) in [7, 11) is -3.63. The largest absolute Gasteiger partial charge is 0.384 e. The zero-order chi connectivity index (χ0) is 15.3. The Kier molecular flexibility index (Phi) is 5.17. The summed E-state index contributed by atoms with van der Waals surface area (Å²) in [5.41, 5.74) is 1.37. The van der Waals surface area contributed by atoms with Crippen molar-refractivity contribution < 1.29 is 8.42 Å². The maximum absolute atomic E-state index is 12.4. The van der Waals surface area contributed by atoms with E-state index in [9.17, 15) is 8.42 Å². The van der Waals surface area contributed by atoms with Crippen LogP contribution >= 0.6 is 11.6 Å². The number of hydrogen-bond donors (Lipinski definition) is 2. The van der Waals surface area contributed by atoms with Crippen molar-refractivity contribution in [3.05, 3.63) is 53.3 Å². The minimum absolute atomic E-state index is 0.140. The van der Waals surface area contributed by atoms with Gasteiger partial charge in [0.05, 0.1) is 5.69 Å². The van der Waals surface area contributed by atoms with E-state index in [1.807, 2.05) is 6.92 Å². The average Bonchev–Trinajstić information content (AvgIpc) is 2.47. The van der Waals surface area contributed by atoms with Crippen LogP contribution in [0.1, 0.15) is 12.5 Å². The number of pyridine rings is 1. The summed E-state index contributed by atoms with van der Waals surface area (Å²) in [5, 5.41) is 3.63. The van der Waals surface area contributed by atoms with Gasteiger partial charge in [-0.25, -0.2) is 13.1 Å². The van der Waals surface area contributed by atoms with E-state index in [-0.39, 0.29) is 11.4 Å². The standard InChI is InChI=1S/C14H16ClN3O2S/c1-2-17-13-7-8-16-10-14(13)21(19,20)18-9-11-3-5-12(15)6-4-11/h3-8,10,18H,2,9H2,1H3,(H,16,17). The Morgan fingerprint density at radius 3 is 2.57 bits per heavy atom. The molecule has 0 spiro atoms. The molecule has 112 valence electrons. The van der Waals surface area contributed by atoms with E-state index in [4.69, 9.17) is 11.6 Å². The van der Waals surface area contributed by atoms with Crippen molar-refractivity contribution in [3.63, 3.8) is 0 Å². The number of benzene rings is 1. The topological polar surface area (TPSA) is 71.1 Å². The number of anilines is 1. The summed E-state index contributed by atoms with van der Waals surface area (Å²) in [6, 6.07) is 8.64. The van der Waals surface area contributed by atoms with E-state index in [0.29, 0.717) is 17.3 Å². The van der Waals surface area contributed by atoms with Crippen molar-refractivity contribution in [2.45, 2.75) is 18.4 Å². The molecular formula is C14H16ClN3O2S. The van der Waals surface area contributed by atoms with Gasteiger partial charge in [-0.05, 0) is 30.7 Å². The summed E-state index contributed by atoms with van der Waals surface area (Å²) in [4.78, 5) is 4.02. The molecule has 1 aromatic carbocycles. The average molecular weight is 326 g/mol. The molecule has 1 heterocycles. The molecule has 0 fully saturated rings. The zero-order valence-corrected chi connectivity index (χ0v) is 13.1. The van der Waals surface area contributed by atoms with Gasteiger partial charge in [-0.15, -0.1) is 0 Å². The number of nitrogens with zero attached hydrogens (tertiary/aromatic N) is 1. The van der Waals surface area contributed by atoms with Crippen LogP contribution in [-0.4, -0.2) is 19.9 Å². The van der Waals surface area contributed by atoms with Crippen LogP contribution in [0.25, 0.3) is 0 Å². The number of hydrogen-bond acceptors (Lipinski definition) is 4. The Bertz CT molecular complexity index is 702. The lowest BCUT2D eigenvalue weighted by Crippen LogP contribution is -2.24. The van der Waals surface area contributed by atoms with Crippen LogP contribution in [0, 0.1) is 0 Å². The molecule has 1 aromatic heterocycles. The molecule has 0 amide bonds. The number of sulfonamides is 1. The molecular weight excluding hydrogens is 310 g/mol. The second kappa shape index (κ2) is 6.89. The van der Waals surface area contributed by atoms with Crippen molar-refractivity contribution in [2.24, 2.45) is 0 Å². The first kappa shape index (κ1) is 15.8. The highest BCUT2D eigenvalue weighted by Gasteiger charge is 2.18. The predicted octanol–water partition coefficient (Wildman–Crippen LogP) is 2.65. The highest BCUT2D eigenvalue weighted by molar-refractivity contribution is 7.89. The molecule has 0 bridgehead atoms. The first-order chi connectivity index (χ1) is 10.0. The molecule has 21 heavy (non-hydrogen) atoms. The van der Waals surface area contributed by atoms with Gasteiger partial charge in [0.25, 0.3) is 0 Å². The Morgan fingerprint density at radius 1 is 1.19 bits per heavy atom. The Labute approximate surface area is 129 Å². The normalized spacial score (nSPS) is 11.3. The van der Waals surface area contributed by atoms with Crippen LogP contribution in [-0.2, 0) is 16.6 Å². The summed E-state index contributed by atoms with van der Waals surface area (Å²) in [6.07, 6.45) is 2.89. The van der Waals surface area contributed by atoms with E-state index < -0.39 is 10.0 Å².